The van der Waals surface area contributed by atoms with Crippen molar-refractivity contribution < 1.29 is 60.3 Å². The van der Waals surface area contributed by atoms with Gasteiger partial charge in [-0.1, -0.05) is 0 Å². The summed E-state index contributed by atoms with van der Waals surface area (Å²) < 4.78 is -0.332. The Hall–Kier alpha value is -1.76. The minimum Gasteiger partial charge on any atom is 0 e. The molecule has 2 aromatic carbocycles. The summed E-state index contributed by atoms with van der Waals surface area (Å²) in [5.41, 5.74) is 0.422. The Morgan fingerprint density at radius 3 is 0.920 bits per heavy atom. The summed E-state index contributed by atoms with van der Waals surface area (Å²) in [6.07, 6.45) is 0. The second-order valence-corrected chi connectivity index (χ2v) is 5.96. The Balaban J connectivity index is 0.000000443. The average molecular weight is 532 g/mol. The van der Waals surface area contributed by atoms with E-state index in [9.17, 15) is 0 Å². The fourth-order valence-electron chi connectivity index (χ4n) is 1.46. The molecular formula is C14H12O8Se2Zn. The van der Waals surface area contributed by atoms with Crippen LogP contribution in [0.5, 0.6) is 34.5 Å². The summed E-state index contributed by atoms with van der Waals surface area (Å²) in [5.74, 6) is -3.11. The largest absolute Gasteiger partial charge is 0 e. The van der Waals surface area contributed by atoms with E-state index >= 15 is 0 Å². The van der Waals surface area contributed by atoms with E-state index < -0.39 is 34.5 Å². The number of hydrogen-bond acceptors (Lipinski definition) is 8. The van der Waals surface area contributed by atoms with Crippen molar-refractivity contribution in [1.82, 2.24) is 0 Å². The molecule has 130 valence electrons. The number of aliphatic hydroxyl groups is 2. The fraction of sp³-hybridized carbons (Fsp3) is 0. The maximum absolute atomic E-state index is 8.98. The van der Waals surface area contributed by atoms with Crippen LogP contribution in [0.15, 0.2) is 24.3 Å². The Kier molecular flexibility index (Phi) is 8.98. The van der Waals surface area contributed by atoms with Crippen LogP contribution in [0.4, 0.5) is 0 Å². The first-order chi connectivity index (χ1) is 11.0. The van der Waals surface area contributed by atoms with Gasteiger partial charge in [-0.05, 0) is 0 Å². The van der Waals surface area contributed by atoms with Crippen LogP contribution in [0.1, 0.15) is 11.1 Å². The van der Waals surface area contributed by atoms with Crippen molar-refractivity contribution in [3.05, 3.63) is 35.4 Å². The summed E-state index contributed by atoms with van der Waals surface area (Å²) in [7, 11) is 0. The number of hydrogen-bond donors (Lipinski definition) is 8. The molecule has 25 heavy (non-hydrogen) atoms. The standard InChI is InChI=1S/2C7H6O4Se.Zn/c2*8-4-1-3(7(11)12)2-5(9)6(4)10;/h2*1-2,8-10H,(H,11,12);. The van der Waals surface area contributed by atoms with Crippen LogP contribution in [0, 0.1) is 0 Å². The molecule has 8 nitrogen and oxygen atoms in total. The van der Waals surface area contributed by atoms with E-state index in [1.165, 1.54) is 0 Å². The molecule has 0 saturated carbocycles. The normalized spacial score (nSPS) is 9.28. The molecule has 0 saturated heterocycles. The van der Waals surface area contributed by atoms with Gasteiger partial charge in [0.2, 0.25) is 0 Å². The molecule has 0 fully saturated rings. The van der Waals surface area contributed by atoms with Crippen LogP contribution >= 0.6 is 0 Å². The van der Waals surface area contributed by atoms with Gasteiger partial charge in [0.25, 0.3) is 0 Å². The predicted octanol–water partition coefficient (Wildman–Crippen LogP) is -0.358. The van der Waals surface area contributed by atoms with E-state index in [4.69, 9.17) is 40.9 Å². The van der Waals surface area contributed by atoms with Gasteiger partial charge < -0.3 is 0 Å². The topological polar surface area (TPSA) is 162 Å². The minimum atomic E-state index is -0.597. The second-order valence-electron chi connectivity index (χ2n) is 4.34. The molecule has 0 atom stereocenters. The third-order valence-electron chi connectivity index (χ3n) is 2.63. The van der Waals surface area contributed by atoms with Gasteiger partial charge in [-0.2, -0.15) is 0 Å². The van der Waals surface area contributed by atoms with Gasteiger partial charge in [0, 0.05) is 19.5 Å². The molecule has 0 unspecified atom stereocenters. The number of phenolic OH excluding ortho intramolecular Hbond substituents is 6. The van der Waals surface area contributed by atoms with E-state index in [-0.39, 0.29) is 39.8 Å². The van der Waals surface area contributed by atoms with E-state index in [0.29, 0.717) is 0 Å². The first-order valence-electron chi connectivity index (χ1n) is 6.01. The molecule has 0 spiro atoms. The average Bonchev–Trinajstić information content (AvgIpc) is 2.49. The Morgan fingerprint density at radius 2 is 0.760 bits per heavy atom. The number of rotatable bonds is 2. The maximum Gasteiger partial charge on any atom is 0 e. The third-order valence-corrected chi connectivity index (χ3v) is 3.62. The van der Waals surface area contributed by atoms with Crippen molar-refractivity contribution in [3.8, 4) is 34.5 Å². The summed E-state index contributed by atoms with van der Waals surface area (Å²) >= 11 is 4.60. The molecule has 0 aliphatic carbocycles. The summed E-state index contributed by atoms with van der Waals surface area (Å²) in [4.78, 5) is 0. The SMILES string of the molecule is OC(=[Se])c1cc(O)c(O)c(O)c1.OC(=[Se])c1cc(O)c(O)c(O)c1.[Zn]. The quantitative estimate of drug-likeness (QED) is 0.193. The number of aliphatic hydroxyl groups excluding tert-OH is 2. The van der Waals surface area contributed by atoms with Crippen molar-refractivity contribution in [3.63, 3.8) is 0 Å². The fourth-order valence-corrected chi connectivity index (χ4v) is 1.95. The molecule has 11 heteroatoms. The zero-order valence-corrected chi connectivity index (χ0v) is 18.8. The molecule has 8 N–H and O–H groups in total. The Bertz CT molecular complexity index is 696. The molecule has 0 aliphatic rings. The molecule has 0 heterocycles. The second kappa shape index (κ2) is 9.65. The molecule has 0 aliphatic heterocycles. The van der Waals surface area contributed by atoms with Crippen LogP contribution < -0.4 is 0 Å². The minimum absolute atomic E-state index is 0. The van der Waals surface area contributed by atoms with Gasteiger partial charge in [0.1, 0.15) is 0 Å². The summed E-state index contributed by atoms with van der Waals surface area (Å²) in [5, 5.41) is 71.6. The smallest absolute Gasteiger partial charge is 0 e. The first kappa shape index (κ1) is 23.2. The molecule has 0 radical (unpaired) electrons. The van der Waals surface area contributed by atoms with E-state index in [0.717, 1.165) is 24.3 Å². The maximum atomic E-state index is 8.98. The summed E-state index contributed by atoms with van der Waals surface area (Å²) in [6.45, 7) is 0. The van der Waals surface area contributed by atoms with E-state index in [2.05, 4.69) is 31.2 Å². The van der Waals surface area contributed by atoms with Gasteiger partial charge in [-0.25, -0.2) is 0 Å². The number of aromatic hydroxyl groups is 6. The van der Waals surface area contributed by atoms with E-state index in [1.807, 2.05) is 0 Å². The number of phenols is 6. The monoisotopic (exact) mass is 532 g/mol. The van der Waals surface area contributed by atoms with Crippen LogP contribution in [-0.4, -0.2) is 81.2 Å². The molecule has 2 aromatic rings. The third kappa shape index (κ3) is 6.23. The Morgan fingerprint density at radius 1 is 0.560 bits per heavy atom. The molecule has 0 aromatic heterocycles. The molecular weight excluding hydrogens is 519 g/mol. The van der Waals surface area contributed by atoms with Crippen molar-refractivity contribution in [2.24, 2.45) is 0 Å². The van der Waals surface area contributed by atoms with Gasteiger partial charge >= 0.3 is 151 Å². The van der Waals surface area contributed by atoms with Gasteiger partial charge in [-0.3, -0.25) is 0 Å². The van der Waals surface area contributed by atoms with Crippen molar-refractivity contribution >= 4 is 40.4 Å². The van der Waals surface area contributed by atoms with Crippen molar-refractivity contribution in [2.45, 2.75) is 0 Å². The van der Waals surface area contributed by atoms with E-state index in [1.54, 1.807) is 0 Å². The van der Waals surface area contributed by atoms with Crippen molar-refractivity contribution in [2.75, 3.05) is 0 Å². The van der Waals surface area contributed by atoms with Crippen LogP contribution in [-0.2, 0) is 19.5 Å². The summed E-state index contributed by atoms with van der Waals surface area (Å²) in [6, 6.07) is 4.50. The Labute approximate surface area is 170 Å². The van der Waals surface area contributed by atoms with Crippen molar-refractivity contribution in [1.29, 1.82) is 0 Å². The zero-order valence-electron chi connectivity index (χ0n) is 12.4. The van der Waals surface area contributed by atoms with Crippen LogP contribution in [0.25, 0.3) is 0 Å². The van der Waals surface area contributed by atoms with Gasteiger partial charge in [0.15, 0.2) is 0 Å². The molecule has 2 rings (SSSR count). The van der Waals surface area contributed by atoms with Gasteiger partial charge in [-0.15, -0.1) is 0 Å². The predicted molar refractivity (Wildman–Crippen MR) is 86.5 cm³/mol. The van der Waals surface area contributed by atoms with Crippen LogP contribution in [0.2, 0.25) is 0 Å². The molecule has 0 amide bonds. The zero-order chi connectivity index (χ0) is 18.6. The number of benzene rings is 2. The van der Waals surface area contributed by atoms with Gasteiger partial charge in [0.05, 0.1) is 0 Å². The van der Waals surface area contributed by atoms with Crippen LogP contribution in [0.3, 0.4) is 0 Å². The molecule has 0 bridgehead atoms. The first-order valence-corrected chi connectivity index (χ1v) is 7.72.